The molecule has 7 heterocycles. The molecule has 2 aromatic heterocycles. The van der Waals surface area contributed by atoms with Gasteiger partial charge in [0.1, 0.15) is 29.8 Å². The minimum Gasteiger partial charge on any atom is -0.461 e. The van der Waals surface area contributed by atoms with E-state index in [-0.39, 0.29) is 35.3 Å². The van der Waals surface area contributed by atoms with E-state index in [4.69, 9.17) is 26.1 Å². The first kappa shape index (κ1) is 34.5. The smallest absolute Gasteiger partial charge is 0.319 e. The second kappa shape index (κ2) is 13.4. The lowest BCUT2D eigenvalue weighted by Gasteiger charge is -2.42. The number of fused-ring (bicyclic) bond motifs is 5. The number of pyridine rings is 1. The fraction of sp³-hybridized carbons (Fsp3) is 0.512. The summed E-state index contributed by atoms with van der Waals surface area (Å²) in [6.45, 7) is 5.31. The van der Waals surface area contributed by atoms with Crippen LogP contribution in [0.1, 0.15) is 44.9 Å². The molecule has 1 aliphatic carbocycles. The van der Waals surface area contributed by atoms with Crippen LogP contribution in [0.3, 0.4) is 0 Å². The SMILES string of the molecule is O=C(/C=C/CN1[C@@H]2CC[C@H]1COC2)N1CCN(c2nc(OC[C@@]34CCCN3C[C@H](F)C4)nc3c(F)c(-c4cccc5cccc(Cl)c45)ncc23)CC12CC2. The highest BCUT2D eigenvalue weighted by Crippen LogP contribution is 2.47. The number of hydrogen-bond donors (Lipinski definition) is 0. The van der Waals surface area contributed by atoms with Crippen molar-refractivity contribution in [2.45, 2.75) is 74.3 Å². The number of alkyl halides is 1. The summed E-state index contributed by atoms with van der Waals surface area (Å²) < 4.78 is 43.7. The molecule has 4 atom stereocenters. The van der Waals surface area contributed by atoms with Crippen LogP contribution >= 0.6 is 11.6 Å². The van der Waals surface area contributed by atoms with Gasteiger partial charge < -0.3 is 19.3 Å². The predicted octanol–water partition coefficient (Wildman–Crippen LogP) is 6.19. The highest BCUT2D eigenvalue weighted by atomic mass is 35.5. The minimum absolute atomic E-state index is 0.0264. The maximum atomic E-state index is 17.0. The summed E-state index contributed by atoms with van der Waals surface area (Å²) in [5.74, 6) is -0.0396. The van der Waals surface area contributed by atoms with Gasteiger partial charge in [-0.1, -0.05) is 48.0 Å². The zero-order valence-electron chi connectivity index (χ0n) is 30.2. The van der Waals surface area contributed by atoms with Gasteiger partial charge in [-0.05, 0) is 56.5 Å². The largest absolute Gasteiger partial charge is 0.461 e. The minimum atomic E-state index is -0.904. The molecule has 0 N–H and O–H groups in total. The van der Waals surface area contributed by atoms with Crippen LogP contribution in [0, 0.1) is 5.82 Å². The summed E-state index contributed by atoms with van der Waals surface area (Å²) in [6.07, 6.45) is 10.8. The Bertz CT molecular complexity index is 2150. The van der Waals surface area contributed by atoms with Crippen LogP contribution in [-0.2, 0) is 9.53 Å². The highest BCUT2D eigenvalue weighted by molar-refractivity contribution is 6.36. The summed E-state index contributed by atoms with van der Waals surface area (Å²) in [6, 6.07) is 12.1. The number of aromatic nitrogens is 3. The lowest BCUT2D eigenvalue weighted by molar-refractivity contribution is -0.129. The molecule has 0 radical (unpaired) electrons. The van der Waals surface area contributed by atoms with Gasteiger partial charge in [0, 0.05) is 79.5 Å². The molecule has 1 amide bonds. The third-order valence-electron chi connectivity index (χ3n) is 13.0. The Balaban J connectivity index is 0.968. The molecule has 10 nitrogen and oxygen atoms in total. The van der Waals surface area contributed by atoms with Gasteiger partial charge in [-0.25, -0.2) is 8.78 Å². The second-order valence-electron chi connectivity index (χ2n) is 16.2. The Morgan fingerprint density at radius 2 is 1.87 bits per heavy atom. The average Bonchev–Trinajstić information content (AvgIpc) is 3.62. The molecule has 5 saturated heterocycles. The first-order valence-electron chi connectivity index (χ1n) is 19.4. The number of anilines is 1. The number of carbonyl (C=O) groups is 1. The normalized spacial score (nSPS) is 27.9. The van der Waals surface area contributed by atoms with Crippen LogP contribution in [0.15, 0.2) is 54.7 Å². The van der Waals surface area contributed by atoms with Crippen molar-refractivity contribution >= 4 is 45.0 Å². The third kappa shape index (κ3) is 5.83. The molecule has 4 aromatic rings. The van der Waals surface area contributed by atoms with Crippen LogP contribution in [0.25, 0.3) is 32.9 Å². The van der Waals surface area contributed by atoms with Crippen molar-refractivity contribution in [1.29, 1.82) is 0 Å². The summed E-state index contributed by atoms with van der Waals surface area (Å²) in [7, 11) is 0. The number of amides is 1. The van der Waals surface area contributed by atoms with Crippen LogP contribution in [0.2, 0.25) is 5.02 Å². The fourth-order valence-electron chi connectivity index (χ4n) is 10.1. The summed E-state index contributed by atoms with van der Waals surface area (Å²) in [5.41, 5.74) is 0.0601. The molecule has 5 aliphatic heterocycles. The molecular formula is C41H44ClF2N7O3. The summed E-state index contributed by atoms with van der Waals surface area (Å²) in [4.78, 5) is 36.8. The molecule has 0 unspecified atom stereocenters. The van der Waals surface area contributed by atoms with E-state index in [9.17, 15) is 9.18 Å². The zero-order valence-corrected chi connectivity index (χ0v) is 31.0. The van der Waals surface area contributed by atoms with Crippen molar-refractivity contribution in [3.8, 4) is 17.3 Å². The number of piperazine rings is 1. The van der Waals surface area contributed by atoms with Crippen molar-refractivity contribution < 1.29 is 23.0 Å². The molecule has 13 heteroatoms. The van der Waals surface area contributed by atoms with E-state index in [1.807, 2.05) is 41.3 Å². The highest BCUT2D eigenvalue weighted by Gasteiger charge is 2.53. The average molecular weight is 756 g/mol. The Hall–Kier alpha value is -3.97. The topological polar surface area (TPSA) is 87.2 Å². The van der Waals surface area contributed by atoms with Crippen molar-refractivity contribution in [1.82, 2.24) is 29.7 Å². The van der Waals surface area contributed by atoms with E-state index in [0.717, 1.165) is 70.2 Å². The lowest BCUT2D eigenvalue weighted by atomic mass is 9.95. The monoisotopic (exact) mass is 755 g/mol. The molecule has 282 valence electrons. The quantitative estimate of drug-likeness (QED) is 0.196. The van der Waals surface area contributed by atoms with Gasteiger partial charge in [0.15, 0.2) is 5.82 Å². The molecule has 54 heavy (non-hydrogen) atoms. The molecule has 1 spiro atoms. The summed E-state index contributed by atoms with van der Waals surface area (Å²) >= 11 is 6.66. The number of ether oxygens (including phenoxy) is 2. The van der Waals surface area contributed by atoms with Gasteiger partial charge in [-0.3, -0.25) is 19.6 Å². The number of halogens is 3. The van der Waals surface area contributed by atoms with Gasteiger partial charge in [0.05, 0.1) is 29.7 Å². The van der Waals surface area contributed by atoms with Crippen LogP contribution in [0.5, 0.6) is 6.01 Å². The van der Waals surface area contributed by atoms with Gasteiger partial charge >= 0.3 is 6.01 Å². The first-order chi connectivity index (χ1) is 26.3. The number of rotatable bonds is 8. The van der Waals surface area contributed by atoms with Crippen LogP contribution in [0.4, 0.5) is 14.6 Å². The van der Waals surface area contributed by atoms with Gasteiger partial charge in [0.25, 0.3) is 0 Å². The van der Waals surface area contributed by atoms with Gasteiger partial charge in [0.2, 0.25) is 5.91 Å². The van der Waals surface area contributed by atoms with Crippen LogP contribution in [-0.4, -0.2) is 124 Å². The number of carbonyl (C=O) groups excluding carboxylic acids is 1. The summed E-state index contributed by atoms with van der Waals surface area (Å²) in [5, 5.41) is 2.56. The maximum absolute atomic E-state index is 17.0. The molecule has 6 fully saturated rings. The molecule has 6 aliphatic rings. The standard InChI is InChI=1S/C41H44ClF2N7O3/c42-32-8-2-6-26-5-1-7-30(34(26)32)36-35(44)37-31(20-45-36)38(47-39(46-37)54-25-41-12-4-15-49(41)21-27(43)19-41)48-17-18-51(40(24-48)13-14-40)33(52)9-3-16-50-28-10-11-29(50)23-53-22-28/h1-3,5-9,20,27-29H,4,10-19,21-25H2/b9-3+/t27-,28-,29+,41+/m1/s1. The number of hydrogen-bond acceptors (Lipinski definition) is 9. The number of morpholine rings is 1. The second-order valence-corrected chi connectivity index (χ2v) is 16.6. The maximum Gasteiger partial charge on any atom is 0.319 e. The Morgan fingerprint density at radius 1 is 1.06 bits per heavy atom. The van der Waals surface area contributed by atoms with E-state index in [2.05, 4.69) is 24.7 Å². The van der Waals surface area contributed by atoms with E-state index in [1.165, 1.54) is 0 Å². The van der Waals surface area contributed by atoms with E-state index in [0.29, 0.717) is 71.9 Å². The predicted molar refractivity (Wildman–Crippen MR) is 203 cm³/mol. The molecule has 1 saturated carbocycles. The Morgan fingerprint density at radius 3 is 2.69 bits per heavy atom. The molecular weight excluding hydrogens is 712 g/mol. The van der Waals surface area contributed by atoms with Gasteiger partial charge in [-0.15, -0.1) is 0 Å². The van der Waals surface area contributed by atoms with Gasteiger partial charge in [-0.2, -0.15) is 9.97 Å². The Kier molecular flexibility index (Phi) is 8.54. The van der Waals surface area contributed by atoms with E-state index < -0.39 is 17.5 Å². The zero-order chi connectivity index (χ0) is 36.6. The fourth-order valence-corrected chi connectivity index (χ4v) is 10.4. The van der Waals surface area contributed by atoms with Crippen molar-refractivity contribution in [2.75, 3.05) is 64.0 Å². The molecule has 2 bridgehead atoms. The van der Waals surface area contributed by atoms with Crippen LogP contribution < -0.4 is 9.64 Å². The first-order valence-corrected chi connectivity index (χ1v) is 19.8. The van der Waals surface area contributed by atoms with Crippen molar-refractivity contribution in [2.24, 2.45) is 0 Å². The van der Waals surface area contributed by atoms with Crippen molar-refractivity contribution in [3.63, 3.8) is 0 Å². The lowest BCUT2D eigenvalue weighted by Crippen LogP contribution is -2.57. The van der Waals surface area contributed by atoms with Crippen molar-refractivity contribution in [3.05, 3.63) is 65.6 Å². The third-order valence-corrected chi connectivity index (χ3v) is 13.3. The molecule has 10 rings (SSSR count). The number of benzene rings is 2. The van der Waals surface area contributed by atoms with E-state index in [1.54, 1.807) is 18.3 Å². The molecule has 2 aromatic carbocycles. The Labute approximate surface area is 318 Å². The van der Waals surface area contributed by atoms with E-state index >= 15 is 4.39 Å². The number of nitrogens with zero attached hydrogens (tertiary/aromatic N) is 7.